The molecule has 2 amide bonds. The van der Waals surface area contributed by atoms with Gasteiger partial charge in [-0.15, -0.1) is 0 Å². The van der Waals surface area contributed by atoms with Crippen molar-refractivity contribution in [2.45, 2.75) is 32.7 Å². The van der Waals surface area contributed by atoms with E-state index >= 15 is 0 Å². The standard InChI is InChI=1S/C13H17N3O2/c1-3-9-6-4-5-8(2)12(9)14-13(18)10-7-11(17)16-15-10/h4-6,10,15H,3,7H2,1-2H3,(H,14,18)(H,16,17). The Hall–Kier alpha value is -1.88. The molecule has 1 heterocycles. The first-order valence-electron chi connectivity index (χ1n) is 6.05. The van der Waals surface area contributed by atoms with Crippen LogP contribution in [-0.2, 0) is 16.0 Å². The SMILES string of the molecule is CCc1cccc(C)c1NC(=O)C1CC(=O)NN1. The zero-order valence-corrected chi connectivity index (χ0v) is 10.5. The fourth-order valence-electron chi connectivity index (χ4n) is 2.03. The molecule has 1 saturated heterocycles. The summed E-state index contributed by atoms with van der Waals surface area (Å²) in [7, 11) is 0. The lowest BCUT2D eigenvalue weighted by Gasteiger charge is -2.15. The van der Waals surface area contributed by atoms with E-state index in [9.17, 15) is 9.59 Å². The van der Waals surface area contributed by atoms with Crippen molar-refractivity contribution in [2.75, 3.05) is 5.32 Å². The molecule has 0 aromatic heterocycles. The molecule has 0 bridgehead atoms. The topological polar surface area (TPSA) is 70.2 Å². The van der Waals surface area contributed by atoms with E-state index in [4.69, 9.17) is 0 Å². The van der Waals surface area contributed by atoms with Gasteiger partial charge >= 0.3 is 0 Å². The fraction of sp³-hybridized carbons (Fsp3) is 0.385. The van der Waals surface area contributed by atoms with Crippen LogP contribution in [0.4, 0.5) is 5.69 Å². The molecule has 1 unspecified atom stereocenters. The van der Waals surface area contributed by atoms with Gasteiger partial charge in [0.25, 0.3) is 0 Å². The molecule has 2 rings (SSSR count). The zero-order chi connectivity index (χ0) is 13.1. The lowest BCUT2D eigenvalue weighted by atomic mass is 10.1. The van der Waals surface area contributed by atoms with Crippen LogP contribution in [0.3, 0.4) is 0 Å². The van der Waals surface area contributed by atoms with Crippen LogP contribution >= 0.6 is 0 Å². The number of carbonyl (C=O) groups is 2. The largest absolute Gasteiger partial charge is 0.324 e. The molecule has 1 aromatic rings. The maximum atomic E-state index is 12.0. The van der Waals surface area contributed by atoms with Gasteiger partial charge in [-0.05, 0) is 24.5 Å². The number of amides is 2. The summed E-state index contributed by atoms with van der Waals surface area (Å²) in [6.07, 6.45) is 1.03. The Bertz CT molecular complexity index is 485. The highest BCUT2D eigenvalue weighted by molar-refractivity contribution is 5.99. The van der Waals surface area contributed by atoms with E-state index in [0.717, 1.165) is 23.2 Å². The Morgan fingerprint density at radius 2 is 2.28 bits per heavy atom. The monoisotopic (exact) mass is 247 g/mol. The van der Waals surface area contributed by atoms with E-state index in [0.29, 0.717) is 0 Å². The van der Waals surface area contributed by atoms with Gasteiger partial charge in [0.2, 0.25) is 11.8 Å². The zero-order valence-electron chi connectivity index (χ0n) is 10.5. The molecule has 0 radical (unpaired) electrons. The van der Waals surface area contributed by atoms with Crippen molar-refractivity contribution in [3.8, 4) is 0 Å². The summed E-state index contributed by atoms with van der Waals surface area (Å²) in [5, 5.41) is 2.90. The van der Waals surface area contributed by atoms with Gasteiger partial charge in [0.15, 0.2) is 0 Å². The first-order chi connectivity index (χ1) is 8.61. The van der Waals surface area contributed by atoms with Crippen molar-refractivity contribution in [1.29, 1.82) is 0 Å². The summed E-state index contributed by atoms with van der Waals surface area (Å²) < 4.78 is 0. The van der Waals surface area contributed by atoms with E-state index in [1.165, 1.54) is 0 Å². The molecule has 0 spiro atoms. The number of rotatable bonds is 3. The van der Waals surface area contributed by atoms with Crippen LogP contribution in [0.15, 0.2) is 18.2 Å². The molecular weight excluding hydrogens is 230 g/mol. The summed E-state index contributed by atoms with van der Waals surface area (Å²) in [6, 6.07) is 5.43. The molecule has 5 heteroatoms. The van der Waals surface area contributed by atoms with E-state index in [2.05, 4.69) is 16.2 Å². The first-order valence-corrected chi connectivity index (χ1v) is 6.05. The summed E-state index contributed by atoms with van der Waals surface area (Å²) in [4.78, 5) is 23.1. The molecule has 0 saturated carbocycles. The second kappa shape index (κ2) is 5.18. The van der Waals surface area contributed by atoms with Crippen molar-refractivity contribution >= 4 is 17.5 Å². The Morgan fingerprint density at radius 3 is 2.89 bits per heavy atom. The number of hydrogen-bond acceptors (Lipinski definition) is 3. The number of anilines is 1. The summed E-state index contributed by atoms with van der Waals surface area (Å²) in [5.74, 6) is -0.340. The highest BCUT2D eigenvalue weighted by Crippen LogP contribution is 2.21. The van der Waals surface area contributed by atoms with Crippen LogP contribution in [0.5, 0.6) is 0 Å². The molecule has 5 nitrogen and oxygen atoms in total. The lowest BCUT2D eigenvalue weighted by Crippen LogP contribution is -2.40. The first kappa shape index (κ1) is 12.6. The van der Waals surface area contributed by atoms with Crippen molar-refractivity contribution in [3.63, 3.8) is 0 Å². The van der Waals surface area contributed by atoms with Gasteiger partial charge in [0.05, 0.1) is 6.42 Å². The summed E-state index contributed by atoms with van der Waals surface area (Å²) in [6.45, 7) is 4.00. The Morgan fingerprint density at radius 1 is 1.50 bits per heavy atom. The van der Waals surface area contributed by atoms with Gasteiger partial charge in [-0.25, -0.2) is 5.43 Å². The predicted octanol–water partition coefficient (Wildman–Crippen LogP) is 0.889. The normalized spacial score (nSPS) is 18.6. The number of aryl methyl sites for hydroxylation is 2. The van der Waals surface area contributed by atoms with Crippen LogP contribution in [0.2, 0.25) is 0 Å². The van der Waals surface area contributed by atoms with E-state index in [-0.39, 0.29) is 18.2 Å². The smallest absolute Gasteiger partial charge is 0.243 e. The number of hydrazine groups is 1. The number of hydrogen-bond donors (Lipinski definition) is 3. The number of benzene rings is 1. The third-order valence-electron chi connectivity index (χ3n) is 3.08. The second-order valence-electron chi connectivity index (χ2n) is 4.40. The Balaban J connectivity index is 2.14. The summed E-state index contributed by atoms with van der Waals surface area (Å²) >= 11 is 0. The van der Waals surface area contributed by atoms with Crippen molar-refractivity contribution < 1.29 is 9.59 Å². The van der Waals surface area contributed by atoms with Gasteiger partial charge in [-0.1, -0.05) is 25.1 Å². The maximum absolute atomic E-state index is 12.0. The molecule has 1 aliphatic heterocycles. The number of nitrogens with one attached hydrogen (secondary N) is 3. The van der Waals surface area contributed by atoms with Gasteiger partial charge in [0, 0.05) is 5.69 Å². The molecule has 1 aromatic carbocycles. The third-order valence-corrected chi connectivity index (χ3v) is 3.08. The van der Waals surface area contributed by atoms with Gasteiger partial charge in [-0.3, -0.25) is 15.0 Å². The van der Waals surface area contributed by atoms with E-state index < -0.39 is 6.04 Å². The predicted molar refractivity (Wildman–Crippen MR) is 68.9 cm³/mol. The van der Waals surface area contributed by atoms with E-state index in [1.807, 2.05) is 32.0 Å². The minimum Gasteiger partial charge on any atom is -0.324 e. The Kier molecular flexibility index (Phi) is 3.62. The number of carbonyl (C=O) groups excluding carboxylic acids is 2. The van der Waals surface area contributed by atoms with Crippen LogP contribution < -0.4 is 16.2 Å². The van der Waals surface area contributed by atoms with Gasteiger partial charge in [-0.2, -0.15) is 0 Å². The van der Waals surface area contributed by atoms with E-state index in [1.54, 1.807) is 0 Å². The van der Waals surface area contributed by atoms with Crippen LogP contribution in [0, 0.1) is 6.92 Å². The third kappa shape index (κ3) is 2.51. The second-order valence-corrected chi connectivity index (χ2v) is 4.40. The average Bonchev–Trinajstić information content (AvgIpc) is 2.78. The minimum atomic E-state index is -0.498. The lowest BCUT2D eigenvalue weighted by molar-refractivity contribution is -0.121. The van der Waals surface area contributed by atoms with Gasteiger partial charge in [0.1, 0.15) is 6.04 Å². The fourth-order valence-corrected chi connectivity index (χ4v) is 2.03. The van der Waals surface area contributed by atoms with Crippen LogP contribution in [-0.4, -0.2) is 17.9 Å². The molecule has 3 N–H and O–H groups in total. The molecule has 0 aliphatic carbocycles. The molecule has 96 valence electrons. The molecule has 1 atom stereocenters. The highest BCUT2D eigenvalue weighted by Gasteiger charge is 2.28. The minimum absolute atomic E-state index is 0.157. The Labute approximate surface area is 106 Å². The van der Waals surface area contributed by atoms with Crippen LogP contribution in [0.25, 0.3) is 0 Å². The number of para-hydroxylation sites is 1. The summed E-state index contributed by atoms with van der Waals surface area (Å²) in [5.41, 5.74) is 8.08. The quantitative estimate of drug-likeness (QED) is 0.743. The molecule has 1 aliphatic rings. The molecule has 1 fully saturated rings. The molecule has 18 heavy (non-hydrogen) atoms. The van der Waals surface area contributed by atoms with Crippen molar-refractivity contribution in [3.05, 3.63) is 29.3 Å². The maximum Gasteiger partial charge on any atom is 0.243 e. The highest BCUT2D eigenvalue weighted by atomic mass is 16.2. The van der Waals surface area contributed by atoms with Crippen molar-refractivity contribution in [1.82, 2.24) is 10.9 Å². The van der Waals surface area contributed by atoms with Crippen molar-refractivity contribution in [2.24, 2.45) is 0 Å². The van der Waals surface area contributed by atoms with Crippen LogP contribution in [0.1, 0.15) is 24.5 Å². The van der Waals surface area contributed by atoms with Gasteiger partial charge < -0.3 is 5.32 Å². The average molecular weight is 247 g/mol. The molecular formula is C13H17N3O2.